The number of amidine groups is 2. The van der Waals surface area contributed by atoms with E-state index in [4.69, 9.17) is 29.4 Å². The molecule has 0 aliphatic carbocycles. The molecule has 0 bridgehead atoms. The van der Waals surface area contributed by atoms with Gasteiger partial charge in [-0.1, -0.05) is 121 Å². The number of ether oxygens (including phenoxy) is 2. The molecule has 0 fully saturated rings. The Bertz CT molecular complexity index is 5670. The Hall–Kier alpha value is -14.2. The van der Waals surface area contributed by atoms with Gasteiger partial charge >= 0.3 is 0 Å². The molecular formula is C94H74F2N12O2. The number of pyridine rings is 2. The summed E-state index contributed by atoms with van der Waals surface area (Å²) in [5, 5.41) is 33.2. The van der Waals surface area contributed by atoms with Crippen LogP contribution in [0.25, 0.3) is 77.2 Å². The molecule has 2 aromatic heterocycles. The zero-order valence-corrected chi connectivity index (χ0v) is 61.4. The molecule has 14 aromatic rings. The fourth-order valence-corrected chi connectivity index (χ4v) is 15.1. The third kappa shape index (κ3) is 13.1. The molecule has 536 valence electrons. The predicted molar refractivity (Wildman–Crippen MR) is 445 cm³/mol. The normalized spacial score (nSPS) is 12.8. The second-order valence-electron chi connectivity index (χ2n) is 26.6. The van der Waals surface area contributed by atoms with E-state index in [0.29, 0.717) is 68.4 Å². The van der Waals surface area contributed by atoms with Crippen molar-refractivity contribution in [3.05, 3.63) is 313 Å². The van der Waals surface area contributed by atoms with Crippen molar-refractivity contribution in [2.24, 2.45) is 9.98 Å². The number of methoxy groups -OCH3 is 2. The van der Waals surface area contributed by atoms with E-state index in [2.05, 4.69) is 167 Å². The molecule has 2 aliphatic heterocycles. The van der Waals surface area contributed by atoms with Crippen LogP contribution in [0.5, 0.6) is 11.5 Å². The number of anilines is 10. The zero-order valence-electron chi connectivity index (χ0n) is 61.4. The van der Waals surface area contributed by atoms with Crippen molar-refractivity contribution in [3.8, 4) is 68.1 Å². The van der Waals surface area contributed by atoms with E-state index in [9.17, 15) is 10.5 Å². The molecule has 0 atom stereocenters. The van der Waals surface area contributed by atoms with Gasteiger partial charge < -0.3 is 39.7 Å². The van der Waals surface area contributed by atoms with Gasteiger partial charge in [0, 0.05) is 128 Å². The first kappa shape index (κ1) is 70.1. The Morgan fingerprint density at radius 3 is 1.08 bits per heavy atom. The Kier molecular flexibility index (Phi) is 19.3. The summed E-state index contributed by atoms with van der Waals surface area (Å²) >= 11 is 0. The van der Waals surface area contributed by atoms with Crippen LogP contribution in [-0.2, 0) is 0 Å². The van der Waals surface area contributed by atoms with Crippen LogP contribution in [0.2, 0.25) is 0 Å². The molecule has 0 spiro atoms. The van der Waals surface area contributed by atoms with Gasteiger partial charge in [-0.3, -0.25) is 0 Å². The van der Waals surface area contributed by atoms with Crippen molar-refractivity contribution in [1.29, 1.82) is 10.5 Å². The third-order valence-corrected chi connectivity index (χ3v) is 20.7. The first-order chi connectivity index (χ1) is 54.0. The summed E-state index contributed by atoms with van der Waals surface area (Å²) in [6.07, 6.45) is 3.64. The van der Waals surface area contributed by atoms with Crippen molar-refractivity contribution in [2.75, 3.05) is 70.6 Å². The van der Waals surface area contributed by atoms with Crippen LogP contribution >= 0.6 is 0 Å². The van der Waals surface area contributed by atoms with Crippen LogP contribution in [0.4, 0.5) is 77.3 Å². The highest BCUT2D eigenvalue weighted by Gasteiger charge is 2.28. The molecule has 0 amide bonds. The van der Waals surface area contributed by atoms with Crippen molar-refractivity contribution in [3.63, 3.8) is 0 Å². The van der Waals surface area contributed by atoms with Crippen molar-refractivity contribution < 1.29 is 18.3 Å². The maximum absolute atomic E-state index is 15.1. The highest BCUT2D eigenvalue weighted by atomic mass is 19.1. The van der Waals surface area contributed by atoms with Crippen LogP contribution in [0, 0.1) is 34.3 Å². The minimum atomic E-state index is -0.273. The Morgan fingerprint density at radius 1 is 0.382 bits per heavy atom. The summed E-state index contributed by atoms with van der Waals surface area (Å²) in [6, 6.07) is 90.7. The SMILES string of the molecule is CCN(CC)c1ccc(N(c2ccc(-c3ccc(/N=C4\Nc5ccc(-c6ccccc6F)c6cccc4c56)nc3)cc2)c2ccc(/C(C#N)=C(\C#N)c3ccc(N(c4ccc(-c5ccc(/N=C6\Nc7ccc(-c8ccccc8F)c8cccc6c78)nc5)cc4)c4ccc(N(CC)CC)cc4)c(OC)c3)cc2OC)cc1. The lowest BCUT2D eigenvalue weighted by Crippen LogP contribution is -2.21. The van der Waals surface area contributed by atoms with Gasteiger partial charge in [-0.15, -0.1) is 0 Å². The number of nitrogens with zero attached hydrogens (tertiary/aromatic N) is 10. The van der Waals surface area contributed by atoms with Crippen molar-refractivity contribution in [1.82, 2.24) is 9.97 Å². The molecular weight excluding hydrogens is 1370 g/mol. The fourth-order valence-electron chi connectivity index (χ4n) is 15.1. The zero-order chi connectivity index (χ0) is 75.5. The molecule has 16 rings (SSSR count). The summed E-state index contributed by atoms with van der Waals surface area (Å²) in [4.78, 5) is 28.4. The van der Waals surface area contributed by atoms with Gasteiger partial charge in [0.15, 0.2) is 11.6 Å². The van der Waals surface area contributed by atoms with Crippen LogP contribution in [0.1, 0.15) is 49.9 Å². The fraction of sp³-hybridized carbons (Fsp3) is 0.106. The minimum absolute atomic E-state index is 0.152. The van der Waals surface area contributed by atoms with Gasteiger partial charge in [0.1, 0.15) is 46.9 Å². The minimum Gasteiger partial charge on any atom is -0.495 e. The Balaban J connectivity index is 0.683. The van der Waals surface area contributed by atoms with Gasteiger partial charge in [0.25, 0.3) is 0 Å². The maximum atomic E-state index is 15.1. The average molecular weight is 1440 g/mol. The number of benzene rings is 12. The van der Waals surface area contributed by atoms with E-state index >= 15 is 8.78 Å². The lowest BCUT2D eigenvalue weighted by molar-refractivity contribution is 0.415. The number of rotatable bonds is 22. The van der Waals surface area contributed by atoms with E-state index < -0.39 is 0 Å². The Labute approximate surface area is 637 Å². The number of hydrogen-bond donors (Lipinski definition) is 2. The topological polar surface area (TPSA) is 154 Å². The van der Waals surface area contributed by atoms with Gasteiger partial charge in [-0.2, -0.15) is 10.5 Å². The summed E-state index contributed by atoms with van der Waals surface area (Å²) in [5.41, 5.74) is 18.3. The van der Waals surface area contributed by atoms with Gasteiger partial charge in [0.05, 0.1) is 36.7 Å². The summed E-state index contributed by atoms with van der Waals surface area (Å²) in [5.74, 6) is 2.78. The Morgan fingerprint density at radius 2 is 0.736 bits per heavy atom. The molecule has 2 N–H and O–H groups in total. The summed E-state index contributed by atoms with van der Waals surface area (Å²) in [6.45, 7) is 12.0. The maximum Gasteiger partial charge on any atom is 0.154 e. The van der Waals surface area contributed by atoms with Gasteiger partial charge in [0.2, 0.25) is 0 Å². The summed E-state index contributed by atoms with van der Waals surface area (Å²) in [7, 11) is 3.21. The molecule has 16 heteroatoms. The second-order valence-corrected chi connectivity index (χ2v) is 26.6. The van der Waals surface area contributed by atoms with Crippen LogP contribution in [0.3, 0.4) is 0 Å². The van der Waals surface area contributed by atoms with Crippen LogP contribution in [0.15, 0.2) is 289 Å². The van der Waals surface area contributed by atoms with Crippen molar-refractivity contribution >= 4 is 113 Å². The molecule has 12 aromatic carbocycles. The monoisotopic (exact) mass is 1440 g/mol. The van der Waals surface area contributed by atoms with Gasteiger partial charge in [-0.05, 0) is 217 Å². The molecule has 0 unspecified atom stereocenters. The number of aromatic nitrogens is 2. The van der Waals surface area contributed by atoms with Crippen LogP contribution < -0.4 is 39.7 Å². The van der Waals surface area contributed by atoms with E-state index in [-0.39, 0.29) is 22.8 Å². The molecule has 110 heavy (non-hydrogen) atoms. The van der Waals surface area contributed by atoms with E-state index in [1.54, 1.807) is 38.5 Å². The smallest absolute Gasteiger partial charge is 0.154 e. The number of nitriles is 2. The van der Waals surface area contributed by atoms with E-state index in [1.807, 2.05) is 146 Å². The molecule has 0 saturated carbocycles. The molecule has 0 saturated heterocycles. The molecule has 0 radical (unpaired) electrons. The molecule has 14 nitrogen and oxygen atoms in total. The lowest BCUT2D eigenvalue weighted by atomic mass is 9.95. The average Bonchev–Trinajstić information content (AvgIpc) is 1.57. The second kappa shape index (κ2) is 30.3. The quantitative estimate of drug-likeness (QED) is 0.0490. The largest absolute Gasteiger partial charge is 0.495 e. The lowest BCUT2D eigenvalue weighted by Gasteiger charge is -2.29. The highest BCUT2D eigenvalue weighted by Crippen LogP contribution is 2.48. The number of aliphatic imine (C=N–C) groups is 2. The first-order valence-electron chi connectivity index (χ1n) is 36.7. The number of nitrogens with one attached hydrogen (secondary N) is 2. The van der Waals surface area contributed by atoms with E-state index in [0.717, 1.165) is 138 Å². The predicted octanol–water partition coefficient (Wildman–Crippen LogP) is 23.3. The van der Waals surface area contributed by atoms with Gasteiger partial charge in [-0.25, -0.2) is 28.7 Å². The number of halogens is 2. The highest BCUT2D eigenvalue weighted by molar-refractivity contribution is 6.29. The van der Waals surface area contributed by atoms with Crippen molar-refractivity contribution in [2.45, 2.75) is 27.7 Å². The number of hydrogen-bond acceptors (Lipinski definition) is 12. The standard InChI is InChI=1S/C94H74F2N12O2/c1-7-105(8-2)65-37-41-69(42-38-65)107(67-33-25-59(26-34-67)63-31-51-89(99-57-63)103-93-77-21-15-19-75-71(45-47-83(101-93)91(75)77)73-17-11-13-23-81(73)95)85-49-29-61(53-87(85)109-5)79(55-97)80(56-98)62-30-50-86(88(54-62)110-6)108(70-43-39-66(40-44-70)106(9-3)10-4)68-35-27-60(28-36-68)64-32-52-90(100-58-64)104-94-78-22-16-20-76-72(46-48-84(102-94)92(76)78)74-18-12-14-24-82(74)96/h11-54,57-58H,7-10H2,1-6H3,(H,99,101,103)(H,100,102,104)/b80-79+. The number of allylic oxidation sites excluding steroid dienone is 2. The first-order valence-corrected chi connectivity index (χ1v) is 36.7. The molecule has 4 heterocycles. The molecule has 2 aliphatic rings. The summed E-state index contributed by atoms with van der Waals surface area (Å²) < 4.78 is 42.7. The third-order valence-electron chi connectivity index (χ3n) is 20.7. The van der Waals surface area contributed by atoms with E-state index in [1.165, 1.54) is 12.1 Å². The van der Waals surface area contributed by atoms with Crippen LogP contribution in [-0.4, -0.2) is 62.0 Å².